The second-order valence-electron chi connectivity index (χ2n) is 3.91. The number of hydrogen-bond acceptors (Lipinski definition) is 3. The van der Waals surface area contributed by atoms with E-state index in [0.717, 1.165) is 19.6 Å². The molecule has 1 aliphatic rings. The van der Waals surface area contributed by atoms with Crippen LogP contribution in [0.25, 0.3) is 0 Å². The Balaban J connectivity index is 2.57. The van der Waals surface area contributed by atoms with Crippen LogP contribution in [0.15, 0.2) is 0 Å². The van der Waals surface area contributed by atoms with Gasteiger partial charge in [-0.25, -0.2) is 4.79 Å². The summed E-state index contributed by atoms with van der Waals surface area (Å²) in [6.07, 6.45) is -0.173. The standard InChI is InChI=1S/C10H20N2O2/c1-4-14-10(13)12-6-5-11-7-9(12)8(2)3/h8-9,11H,4-7H2,1-3H3. The molecule has 1 unspecified atom stereocenters. The highest BCUT2D eigenvalue weighted by Crippen LogP contribution is 2.13. The van der Waals surface area contributed by atoms with Crippen LogP contribution in [0.2, 0.25) is 0 Å². The monoisotopic (exact) mass is 200 g/mol. The van der Waals surface area contributed by atoms with Crippen LogP contribution in [0.1, 0.15) is 20.8 Å². The lowest BCUT2D eigenvalue weighted by atomic mass is 10.0. The summed E-state index contributed by atoms with van der Waals surface area (Å²) in [7, 11) is 0. The molecular formula is C10H20N2O2. The van der Waals surface area contributed by atoms with E-state index < -0.39 is 0 Å². The Labute approximate surface area is 85.6 Å². The van der Waals surface area contributed by atoms with Crippen LogP contribution in [0.4, 0.5) is 4.79 Å². The van der Waals surface area contributed by atoms with E-state index in [0.29, 0.717) is 12.5 Å². The molecule has 1 amide bonds. The van der Waals surface area contributed by atoms with Crippen LogP contribution in [0.5, 0.6) is 0 Å². The zero-order valence-corrected chi connectivity index (χ0v) is 9.25. The molecule has 1 aliphatic heterocycles. The molecule has 82 valence electrons. The lowest BCUT2D eigenvalue weighted by molar-refractivity contribution is 0.0692. The van der Waals surface area contributed by atoms with Crippen molar-refractivity contribution in [3.8, 4) is 0 Å². The molecule has 14 heavy (non-hydrogen) atoms. The van der Waals surface area contributed by atoms with Gasteiger partial charge in [-0.3, -0.25) is 0 Å². The molecule has 1 N–H and O–H groups in total. The van der Waals surface area contributed by atoms with Gasteiger partial charge in [0.15, 0.2) is 0 Å². The SMILES string of the molecule is CCOC(=O)N1CCNCC1C(C)C. The van der Waals surface area contributed by atoms with Gasteiger partial charge in [0.25, 0.3) is 0 Å². The minimum atomic E-state index is -0.173. The van der Waals surface area contributed by atoms with Crippen molar-refractivity contribution in [2.24, 2.45) is 5.92 Å². The summed E-state index contributed by atoms with van der Waals surface area (Å²) in [6.45, 7) is 9.03. The molecule has 1 atom stereocenters. The van der Waals surface area contributed by atoms with E-state index in [-0.39, 0.29) is 12.1 Å². The van der Waals surface area contributed by atoms with E-state index in [4.69, 9.17) is 4.74 Å². The van der Waals surface area contributed by atoms with Crippen molar-refractivity contribution in [3.05, 3.63) is 0 Å². The number of amides is 1. The number of hydrogen-bond donors (Lipinski definition) is 1. The first-order valence-electron chi connectivity index (χ1n) is 5.31. The number of rotatable bonds is 2. The van der Waals surface area contributed by atoms with Crippen molar-refractivity contribution in [1.29, 1.82) is 0 Å². The Hall–Kier alpha value is -0.770. The van der Waals surface area contributed by atoms with Gasteiger partial charge in [0, 0.05) is 25.7 Å². The molecule has 4 nitrogen and oxygen atoms in total. The summed E-state index contributed by atoms with van der Waals surface area (Å²) < 4.78 is 5.02. The Bertz CT molecular complexity index is 195. The van der Waals surface area contributed by atoms with E-state index in [2.05, 4.69) is 19.2 Å². The van der Waals surface area contributed by atoms with Crippen molar-refractivity contribution in [2.45, 2.75) is 26.8 Å². The smallest absolute Gasteiger partial charge is 0.410 e. The van der Waals surface area contributed by atoms with E-state index in [9.17, 15) is 4.79 Å². The second-order valence-corrected chi connectivity index (χ2v) is 3.91. The molecule has 1 saturated heterocycles. The van der Waals surface area contributed by atoms with Crippen molar-refractivity contribution in [2.75, 3.05) is 26.2 Å². The topological polar surface area (TPSA) is 41.6 Å². The summed E-state index contributed by atoms with van der Waals surface area (Å²) in [6, 6.07) is 0.266. The van der Waals surface area contributed by atoms with Crippen LogP contribution in [-0.2, 0) is 4.74 Å². The highest BCUT2D eigenvalue weighted by molar-refractivity contribution is 5.68. The molecule has 0 aromatic rings. The van der Waals surface area contributed by atoms with Crippen molar-refractivity contribution < 1.29 is 9.53 Å². The highest BCUT2D eigenvalue weighted by Gasteiger charge is 2.29. The quantitative estimate of drug-likeness (QED) is 0.725. The molecule has 0 radical (unpaired) electrons. The van der Waals surface area contributed by atoms with Crippen LogP contribution in [-0.4, -0.2) is 43.3 Å². The molecule has 0 spiro atoms. The number of carbonyl (C=O) groups excluding carboxylic acids is 1. The fraction of sp³-hybridized carbons (Fsp3) is 0.900. The van der Waals surface area contributed by atoms with Crippen LogP contribution >= 0.6 is 0 Å². The fourth-order valence-corrected chi connectivity index (χ4v) is 1.75. The molecule has 0 aliphatic carbocycles. The van der Waals surface area contributed by atoms with Crippen molar-refractivity contribution in [3.63, 3.8) is 0 Å². The molecule has 0 aromatic carbocycles. The van der Waals surface area contributed by atoms with E-state index in [1.807, 2.05) is 11.8 Å². The van der Waals surface area contributed by atoms with Gasteiger partial charge < -0.3 is 15.0 Å². The second kappa shape index (κ2) is 5.20. The molecular weight excluding hydrogens is 180 g/mol. The summed E-state index contributed by atoms with van der Waals surface area (Å²) >= 11 is 0. The van der Waals surface area contributed by atoms with Crippen molar-refractivity contribution >= 4 is 6.09 Å². The van der Waals surface area contributed by atoms with Gasteiger partial charge in [-0.05, 0) is 12.8 Å². The Morgan fingerprint density at radius 3 is 2.93 bits per heavy atom. The third-order valence-corrected chi connectivity index (χ3v) is 2.56. The molecule has 0 aromatic heterocycles. The van der Waals surface area contributed by atoms with Crippen LogP contribution < -0.4 is 5.32 Å². The number of carbonyl (C=O) groups is 1. The van der Waals surface area contributed by atoms with E-state index in [1.54, 1.807) is 0 Å². The van der Waals surface area contributed by atoms with Crippen molar-refractivity contribution in [1.82, 2.24) is 10.2 Å². The predicted molar refractivity (Wildman–Crippen MR) is 55.2 cm³/mol. The van der Waals surface area contributed by atoms with Gasteiger partial charge in [-0.2, -0.15) is 0 Å². The van der Waals surface area contributed by atoms with Gasteiger partial charge in [-0.1, -0.05) is 13.8 Å². The van der Waals surface area contributed by atoms with Crippen LogP contribution in [0.3, 0.4) is 0 Å². The Morgan fingerprint density at radius 1 is 1.64 bits per heavy atom. The number of piperazine rings is 1. The first-order valence-corrected chi connectivity index (χ1v) is 5.31. The lowest BCUT2D eigenvalue weighted by Gasteiger charge is -2.37. The molecule has 4 heteroatoms. The first-order chi connectivity index (χ1) is 6.66. The normalized spacial score (nSPS) is 22.6. The van der Waals surface area contributed by atoms with Gasteiger partial charge in [0.05, 0.1) is 6.61 Å². The molecule has 0 saturated carbocycles. The Morgan fingerprint density at radius 2 is 2.36 bits per heavy atom. The van der Waals surface area contributed by atoms with E-state index >= 15 is 0 Å². The van der Waals surface area contributed by atoms with Gasteiger partial charge in [0.2, 0.25) is 0 Å². The maximum absolute atomic E-state index is 11.6. The zero-order chi connectivity index (χ0) is 10.6. The molecule has 1 heterocycles. The maximum atomic E-state index is 11.6. The maximum Gasteiger partial charge on any atom is 0.410 e. The summed E-state index contributed by atoms with van der Waals surface area (Å²) in [5, 5.41) is 3.29. The minimum Gasteiger partial charge on any atom is -0.450 e. The highest BCUT2D eigenvalue weighted by atomic mass is 16.6. The number of ether oxygens (including phenoxy) is 1. The molecule has 1 rings (SSSR count). The number of nitrogens with one attached hydrogen (secondary N) is 1. The third-order valence-electron chi connectivity index (χ3n) is 2.56. The largest absolute Gasteiger partial charge is 0.450 e. The predicted octanol–water partition coefficient (Wildman–Crippen LogP) is 1.07. The van der Waals surface area contributed by atoms with Gasteiger partial charge in [-0.15, -0.1) is 0 Å². The lowest BCUT2D eigenvalue weighted by Crippen LogP contribution is -2.55. The number of nitrogens with zero attached hydrogens (tertiary/aromatic N) is 1. The summed E-state index contributed by atoms with van der Waals surface area (Å²) in [5.41, 5.74) is 0. The molecule has 1 fully saturated rings. The first kappa shape index (κ1) is 11.3. The average molecular weight is 200 g/mol. The van der Waals surface area contributed by atoms with Gasteiger partial charge >= 0.3 is 6.09 Å². The summed E-state index contributed by atoms with van der Waals surface area (Å²) in [4.78, 5) is 13.4. The Kier molecular flexibility index (Phi) is 4.20. The zero-order valence-electron chi connectivity index (χ0n) is 9.25. The van der Waals surface area contributed by atoms with Gasteiger partial charge in [0.1, 0.15) is 0 Å². The molecule has 0 bridgehead atoms. The van der Waals surface area contributed by atoms with Crippen LogP contribution in [0, 0.1) is 5.92 Å². The minimum absolute atomic E-state index is 0.173. The third kappa shape index (κ3) is 2.61. The fourth-order valence-electron chi connectivity index (χ4n) is 1.75. The van der Waals surface area contributed by atoms with E-state index in [1.165, 1.54) is 0 Å². The summed E-state index contributed by atoms with van der Waals surface area (Å²) in [5.74, 6) is 0.465. The average Bonchev–Trinajstić information content (AvgIpc) is 2.18.